The van der Waals surface area contributed by atoms with Crippen LogP contribution in [0.2, 0.25) is 0 Å². The Hall–Kier alpha value is -2.69. The number of carbonyl (C=O) groups excluding carboxylic acids is 2. The Morgan fingerprint density at radius 3 is 2.67 bits per heavy atom. The smallest absolute Gasteiger partial charge is 0.324 e. The first kappa shape index (κ1) is 22.1. The van der Waals surface area contributed by atoms with Crippen LogP contribution in [0.15, 0.2) is 53.2 Å². The monoisotopic (exact) mass is 491 g/mol. The van der Waals surface area contributed by atoms with Crippen LogP contribution in [0.25, 0.3) is 0 Å². The first-order valence-corrected chi connectivity index (χ1v) is 12.2. The van der Waals surface area contributed by atoms with E-state index in [-0.39, 0.29) is 24.0 Å². The van der Waals surface area contributed by atoms with Crippen LogP contribution in [-0.2, 0) is 16.0 Å². The van der Waals surface area contributed by atoms with E-state index in [4.69, 9.17) is 0 Å². The lowest BCUT2D eigenvalue weighted by Crippen LogP contribution is -2.53. The minimum absolute atomic E-state index is 0.0663. The van der Waals surface area contributed by atoms with Crippen LogP contribution in [0.5, 0.6) is 0 Å². The first-order chi connectivity index (χ1) is 15.8. The second-order valence-electron chi connectivity index (χ2n) is 8.03. The van der Waals surface area contributed by atoms with E-state index in [1.165, 1.54) is 17.0 Å². The molecule has 0 saturated heterocycles. The lowest BCUT2D eigenvalue weighted by Gasteiger charge is -2.38. The predicted octanol–water partition coefficient (Wildman–Crippen LogP) is 5.06. The van der Waals surface area contributed by atoms with Gasteiger partial charge in [-0.25, -0.2) is 0 Å². The molecular weight excluding hydrogens is 471 g/mol. The van der Waals surface area contributed by atoms with E-state index in [0.29, 0.717) is 6.54 Å². The average Bonchev–Trinajstić information content (AvgIpc) is 3.43. The number of fused-ring (bicyclic) bond motifs is 2. The van der Waals surface area contributed by atoms with Crippen molar-refractivity contribution in [2.24, 2.45) is 0 Å². The highest BCUT2D eigenvalue weighted by Crippen LogP contribution is 2.41. The number of nitrogens with zero attached hydrogens (tertiary/aromatic N) is 2. The van der Waals surface area contributed by atoms with Crippen molar-refractivity contribution in [1.29, 1.82) is 0 Å². The van der Waals surface area contributed by atoms with Crippen molar-refractivity contribution in [3.63, 3.8) is 0 Å². The van der Waals surface area contributed by atoms with Crippen molar-refractivity contribution in [1.82, 2.24) is 4.90 Å². The molecule has 5 rings (SSSR count). The molecule has 10 heteroatoms. The molecule has 1 N–H and O–H groups in total. The number of anilines is 2. The second kappa shape index (κ2) is 8.58. The predicted molar refractivity (Wildman–Crippen MR) is 123 cm³/mol. The van der Waals surface area contributed by atoms with Crippen molar-refractivity contribution in [3.05, 3.63) is 68.5 Å². The van der Waals surface area contributed by atoms with Gasteiger partial charge >= 0.3 is 6.18 Å². The molecule has 0 unspecified atom stereocenters. The fraction of sp³-hybridized carbons (Fsp3) is 0.304. The number of rotatable bonds is 3. The summed E-state index contributed by atoms with van der Waals surface area (Å²) in [6.07, 6.45) is -4.85. The SMILES string of the molecule is O=C1C[C@@H](C(F)(F)F)N(C(=O)CN2CCc3sccc3[C@H]2c2cccs2)c2ccccc2N1. The molecule has 0 saturated carbocycles. The number of halogens is 3. The first-order valence-electron chi connectivity index (χ1n) is 10.4. The van der Waals surface area contributed by atoms with Crippen LogP contribution in [0, 0.1) is 0 Å². The van der Waals surface area contributed by atoms with Crippen molar-refractivity contribution in [3.8, 4) is 0 Å². The zero-order valence-electron chi connectivity index (χ0n) is 17.3. The van der Waals surface area contributed by atoms with Crippen LogP contribution >= 0.6 is 22.7 Å². The van der Waals surface area contributed by atoms with Gasteiger partial charge in [0.05, 0.1) is 30.4 Å². The van der Waals surface area contributed by atoms with Gasteiger partial charge in [0, 0.05) is 16.3 Å². The molecule has 0 aliphatic carbocycles. The largest absolute Gasteiger partial charge is 0.409 e. The molecule has 3 aromatic rings. The van der Waals surface area contributed by atoms with Gasteiger partial charge in [-0.1, -0.05) is 18.2 Å². The summed E-state index contributed by atoms with van der Waals surface area (Å²) in [6.45, 7) is 0.373. The summed E-state index contributed by atoms with van der Waals surface area (Å²) in [5.41, 5.74) is 1.37. The van der Waals surface area contributed by atoms with Crippen LogP contribution in [0.1, 0.15) is 27.8 Å². The Balaban J connectivity index is 1.52. The quantitative estimate of drug-likeness (QED) is 0.557. The van der Waals surface area contributed by atoms with Gasteiger partial charge in [-0.15, -0.1) is 22.7 Å². The van der Waals surface area contributed by atoms with Crippen molar-refractivity contribution in [2.75, 3.05) is 23.3 Å². The molecule has 0 spiro atoms. The molecule has 2 aliphatic rings. The molecule has 0 radical (unpaired) electrons. The number of nitrogens with one attached hydrogen (secondary N) is 1. The highest BCUT2D eigenvalue weighted by atomic mass is 32.1. The zero-order valence-corrected chi connectivity index (χ0v) is 19.0. The van der Waals surface area contributed by atoms with E-state index < -0.39 is 30.5 Å². The maximum Gasteiger partial charge on any atom is 0.409 e. The van der Waals surface area contributed by atoms with Crippen LogP contribution in [0.3, 0.4) is 0 Å². The highest BCUT2D eigenvalue weighted by Gasteiger charge is 2.49. The number of para-hydroxylation sites is 2. The van der Waals surface area contributed by atoms with Gasteiger partial charge in [0.2, 0.25) is 11.8 Å². The third kappa shape index (κ3) is 4.18. The summed E-state index contributed by atoms with van der Waals surface area (Å²) < 4.78 is 42.1. The van der Waals surface area contributed by atoms with Gasteiger partial charge in [0.1, 0.15) is 6.04 Å². The zero-order chi connectivity index (χ0) is 23.2. The standard InChI is InChI=1S/C23H20F3N3O2S2/c24-23(25,26)19-12-20(30)27-15-4-1-2-5-16(15)29(19)21(31)13-28-9-7-17-14(8-11-33-17)22(28)18-6-3-10-32-18/h1-6,8,10-11,19,22H,7,9,12-13H2,(H,27,30)/t19-,22-/m0/s1. The number of carbonyl (C=O) groups is 2. The fourth-order valence-electron chi connectivity index (χ4n) is 4.56. The third-order valence-corrected chi connectivity index (χ3v) is 7.91. The maximum absolute atomic E-state index is 14.0. The summed E-state index contributed by atoms with van der Waals surface area (Å²) in [7, 11) is 0. The number of thiophene rings is 2. The summed E-state index contributed by atoms with van der Waals surface area (Å²) in [6, 6.07) is 9.68. The summed E-state index contributed by atoms with van der Waals surface area (Å²) in [5.74, 6) is -1.45. The van der Waals surface area contributed by atoms with Crippen molar-refractivity contribution in [2.45, 2.75) is 31.1 Å². The minimum atomic E-state index is -4.75. The van der Waals surface area contributed by atoms with Crippen molar-refractivity contribution >= 4 is 45.9 Å². The van der Waals surface area contributed by atoms with Gasteiger partial charge < -0.3 is 5.32 Å². The molecule has 1 aromatic carbocycles. The molecular formula is C23H20F3N3O2S2. The van der Waals surface area contributed by atoms with E-state index in [1.54, 1.807) is 34.8 Å². The molecule has 2 atom stereocenters. The van der Waals surface area contributed by atoms with Gasteiger partial charge in [-0.05, 0) is 47.0 Å². The van der Waals surface area contributed by atoms with Gasteiger partial charge in [-0.2, -0.15) is 13.2 Å². The van der Waals surface area contributed by atoms with E-state index in [9.17, 15) is 22.8 Å². The number of alkyl halides is 3. The Bertz CT molecular complexity index is 1180. The van der Waals surface area contributed by atoms with Gasteiger partial charge in [-0.3, -0.25) is 19.4 Å². The fourth-order valence-corrected chi connectivity index (χ4v) is 6.34. The van der Waals surface area contributed by atoms with E-state index >= 15 is 0 Å². The molecule has 4 heterocycles. The van der Waals surface area contributed by atoms with E-state index in [1.807, 2.05) is 33.9 Å². The van der Waals surface area contributed by atoms with Crippen LogP contribution in [0.4, 0.5) is 24.5 Å². The third-order valence-electron chi connectivity index (χ3n) is 5.99. The lowest BCUT2D eigenvalue weighted by atomic mass is 9.98. The number of benzene rings is 1. The molecule has 0 bridgehead atoms. The molecule has 2 aliphatic heterocycles. The maximum atomic E-state index is 14.0. The number of hydrogen-bond acceptors (Lipinski definition) is 5. The molecule has 2 aromatic heterocycles. The van der Waals surface area contributed by atoms with E-state index in [0.717, 1.165) is 21.8 Å². The molecule has 5 nitrogen and oxygen atoms in total. The lowest BCUT2D eigenvalue weighted by molar-refractivity contribution is -0.158. The molecule has 2 amide bonds. The molecule has 33 heavy (non-hydrogen) atoms. The minimum Gasteiger partial charge on any atom is -0.324 e. The Labute approximate surface area is 196 Å². The number of hydrogen-bond donors (Lipinski definition) is 1. The summed E-state index contributed by atoms with van der Waals surface area (Å²) in [5, 5.41) is 6.48. The highest BCUT2D eigenvalue weighted by molar-refractivity contribution is 7.10. The molecule has 172 valence electrons. The van der Waals surface area contributed by atoms with Crippen LogP contribution in [-0.4, -0.2) is 42.0 Å². The number of amides is 2. The van der Waals surface area contributed by atoms with Crippen LogP contribution < -0.4 is 10.2 Å². The second-order valence-corrected chi connectivity index (χ2v) is 10.0. The van der Waals surface area contributed by atoms with Gasteiger partial charge in [0.15, 0.2) is 0 Å². The Morgan fingerprint density at radius 1 is 1.09 bits per heavy atom. The molecule has 0 fully saturated rings. The van der Waals surface area contributed by atoms with Gasteiger partial charge in [0.25, 0.3) is 0 Å². The summed E-state index contributed by atoms with van der Waals surface area (Å²) >= 11 is 3.22. The normalized spacial score (nSPS) is 21.2. The Morgan fingerprint density at radius 2 is 1.91 bits per heavy atom. The average molecular weight is 492 g/mol. The van der Waals surface area contributed by atoms with Crippen molar-refractivity contribution < 1.29 is 22.8 Å². The Kier molecular flexibility index (Phi) is 5.75. The van der Waals surface area contributed by atoms with E-state index in [2.05, 4.69) is 5.32 Å². The topological polar surface area (TPSA) is 52.7 Å². The summed E-state index contributed by atoms with van der Waals surface area (Å²) in [4.78, 5) is 30.8.